The topological polar surface area (TPSA) is 90.2 Å². The van der Waals surface area contributed by atoms with Gasteiger partial charge in [0.1, 0.15) is 0 Å². The van der Waals surface area contributed by atoms with Gasteiger partial charge < -0.3 is 4.98 Å². The van der Waals surface area contributed by atoms with E-state index >= 15 is 0 Å². The molecule has 0 aliphatic heterocycles. The van der Waals surface area contributed by atoms with Gasteiger partial charge in [-0.05, 0) is 48.9 Å². The summed E-state index contributed by atoms with van der Waals surface area (Å²) in [5, 5.41) is 8.98. The summed E-state index contributed by atoms with van der Waals surface area (Å²) in [5.74, 6) is 1.44. The van der Waals surface area contributed by atoms with E-state index in [4.69, 9.17) is 29.9 Å². The monoisotopic (exact) mass is 1320 g/mol. The van der Waals surface area contributed by atoms with E-state index in [1.165, 1.54) is 34.7 Å². The Morgan fingerprint density at radius 2 is 0.674 bits per heavy atom. The normalized spacial score (nSPS) is 11.2. The Balaban J connectivity index is 0.000000137. The largest absolute Gasteiger partial charge is 0.305 e. The van der Waals surface area contributed by atoms with Crippen molar-refractivity contribution in [3.63, 3.8) is 0 Å². The molecule has 0 saturated carbocycles. The fraction of sp³-hybridized carbons (Fsp3) is 0.0988. The first kappa shape index (κ1) is 57.8. The van der Waals surface area contributed by atoms with Gasteiger partial charge >= 0.3 is 0 Å². The number of aromatic nitrogens is 7. The van der Waals surface area contributed by atoms with Crippen LogP contribution in [0.3, 0.4) is 0 Å². The second kappa shape index (κ2) is 26.4. The van der Waals surface area contributed by atoms with Gasteiger partial charge in [-0.2, -0.15) is 0 Å². The van der Waals surface area contributed by atoms with Crippen LogP contribution in [-0.4, -0.2) is 34.9 Å². The van der Waals surface area contributed by atoms with Gasteiger partial charge in [-0.25, -0.2) is 9.97 Å². The molecule has 5 aromatic heterocycles. The molecule has 16 rings (SSSR count). The summed E-state index contributed by atoms with van der Waals surface area (Å²) in [5.41, 5.74) is 18.4. The van der Waals surface area contributed by atoms with Crippen LogP contribution in [0.5, 0.6) is 0 Å². The Labute approximate surface area is 532 Å². The molecule has 16 aromatic rings. The average Bonchev–Trinajstić information content (AvgIpc) is 0.945. The molecule has 0 spiro atoms. The van der Waals surface area contributed by atoms with Crippen molar-refractivity contribution in [2.45, 2.75) is 52.4 Å². The van der Waals surface area contributed by atoms with Crippen LogP contribution in [0.25, 0.3) is 144 Å². The van der Waals surface area contributed by atoms with Crippen LogP contribution < -0.4 is 0 Å². The van der Waals surface area contributed by atoms with Gasteiger partial charge in [-0.15, -0.1) is 107 Å². The van der Waals surface area contributed by atoms with Crippen LogP contribution in [0.2, 0.25) is 0 Å². The number of rotatable bonds is 13. The van der Waals surface area contributed by atoms with Crippen molar-refractivity contribution in [2.75, 3.05) is 0 Å². The standard InChI is InChI=1S/2C35H26N3.C11H8N.Ir/c2*1-2-3-11-23-12-10-17-26(22-23)35-36-29-20-18-27-31-28(19-21-30(37-35)32(29)31)34(25-15-8-5-9-16-25)38-33(27)24-13-6-4-7-14-24;1-2-6-10(7-3-1)11-8-4-5-9-12-11;/h2*4-10,12-21H,2-3,11H2,1H3;1-6,8-9H;/q3*-1;. The number of hydrogen-bond acceptors (Lipinski definition) is 7. The Bertz CT molecular complexity index is 4500. The minimum absolute atomic E-state index is 0. The van der Waals surface area contributed by atoms with Crippen molar-refractivity contribution in [1.82, 2.24) is 34.9 Å². The molecule has 5 heterocycles. The second-order valence-electron chi connectivity index (χ2n) is 22.1. The molecule has 8 heteroatoms. The van der Waals surface area contributed by atoms with Crippen LogP contribution in [0.1, 0.15) is 50.7 Å². The minimum Gasteiger partial charge on any atom is -0.305 e. The number of pyridine rings is 3. The van der Waals surface area contributed by atoms with Crippen LogP contribution >= 0.6 is 0 Å². The first-order valence-electron chi connectivity index (χ1n) is 30.4. The third-order valence-corrected chi connectivity index (χ3v) is 16.2. The fourth-order valence-corrected chi connectivity index (χ4v) is 12.0. The maximum atomic E-state index is 5.25. The van der Waals surface area contributed by atoms with Crippen molar-refractivity contribution in [3.8, 4) is 79.1 Å². The molecule has 0 unspecified atom stereocenters. The summed E-state index contributed by atoms with van der Waals surface area (Å²) in [6.45, 7) is 4.43. The van der Waals surface area contributed by atoms with Crippen molar-refractivity contribution in [3.05, 3.63) is 284 Å². The van der Waals surface area contributed by atoms with Crippen LogP contribution in [0.4, 0.5) is 0 Å². The molecule has 0 saturated heterocycles. The van der Waals surface area contributed by atoms with Crippen molar-refractivity contribution < 1.29 is 20.1 Å². The fourth-order valence-electron chi connectivity index (χ4n) is 12.0. The van der Waals surface area contributed by atoms with Crippen molar-refractivity contribution in [2.24, 2.45) is 0 Å². The quantitative estimate of drug-likeness (QED) is 0.0839. The van der Waals surface area contributed by atoms with Gasteiger partial charge in [0.2, 0.25) is 0 Å². The number of nitrogens with zero attached hydrogens (tertiary/aromatic N) is 7. The summed E-state index contributed by atoms with van der Waals surface area (Å²) >= 11 is 0. The molecule has 0 fully saturated rings. The maximum absolute atomic E-state index is 5.25. The van der Waals surface area contributed by atoms with Gasteiger partial charge in [0.25, 0.3) is 0 Å². The van der Waals surface area contributed by atoms with Gasteiger partial charge in [-0.1, -0.05) is 197 Å². The van der Waals surface area contributed by atoms with E-state index < -0.39 is 0 Å². The van der Waals surface area contributed by atoms with Crippen molar-refractivity contribution >= 4 is 65.2 Å². The van der Waals surface area contributed by atoms with Crippen molar-refractivity contribution in [1.29, 1.82) is 0 Å². The molecule has 0 bridgehead atoms. The molecule has 0 atom stereocenters. The van der Waals surface area contributed by atoms with E-state index in [9.17, 15) is 0 Å². The van der Waals surface area contributed by atoms with Gasteiger partial charge in [0.15, 0.2) is 0 Å². The molecular weight excluding hydrogens is 1260 g/mol. The third kappa shape index (κ3) is 11.9. The van der Waals surface area contributed by atoms with E-state index in [2.05, 4.69) is 219 Å². The predicted molar refractivity (Wildman–Crippen MR) is 363 cm³/mol. The zero-order chi connectivity index (χ0) is 59.2. The molecule has 89 heavy (non-hydrogen) atoms. The first-order valence-corrected chi connectivity index (χ1v) is 30.4. The molecule has 0 N–H and O–H groups in total. The predicted octanol–water partition coefficient (Wildman–Crippen LogP) is 20.4. The van der Waals surface area contributed by atoms with Gasteiger partial charge in [0, 0.05) is 91.6 Å². The number of benzene rings is 11. The van der Waals surface area contributed by atoms with E-state index in [1.54, 1.807) is 6.20 Å². The summed E-state index contributed by atoms with van der Waals surface area (Å²) in [6.07, 6.45) is 8.48. The van der Waals surface area contributed by atoms with E-state index in [1.807, 2.05) is 66.7 Å². The van der Waals surface area contributed by atoms with Gasteiger partial charge in [-0.3, -0.25) is 19.9 Å². The molecule has 0 amide bonds. The Kier molecular flexibility index (Phi) is 17.1. The summed E-state index contributed by atoms with van der Waals surface area (Å²) in [7, 11) is 0. The molecule has 1 radical (unpaired) electrons. The van der Waals surface area contributed by atoms with Crippen LogP contribution in [0, 0.1) is 18.2 Å². The van der Waals surface area contributed by atoms with Crippen LogP contribution in [0.15, 0.2) is 255 Å². The summed E-state index contributed by atoms with van der Waals surface area (Å²) in [4.78, 5) is 35.0. The molecule has 0 aliphatic rings. The molecule has 0 aliphatic carbocycles. The number of hydrogen-bond donors (Lipinski definition) is 0. The number of aryl methyl sites for hydroxylation is 2. The average molecular weight is 1320 g/mol. The molecule has 431 valence electrons. The van der Waals surface area contributed by atoms with Gasteiger partial charge in [0.05, 0.1) is 56.5 Å². The molecule has 11 aromatic carbocycles. The minimum atomic E-state index is 0. The SMILES string of the molecule is CCCCc1[c-]c(-c2nc3ccc4c(-c5ccccc5)nc(-c5ccccc5)c5ccc(n2)c3c45)ccc1.CCCCc1[c-]c(-c2nc3ccc4c(-c5ccccc5)nc(-c5ccccc5)c5ccc(n2)c3c45)ccc1.[Ir].[c-]1ccccc1-c1ccccn1. The summed E-state index contributed by atoms with van der Waals surface area (Å²) in [6, 6.07) is 95.5. The Hall–Kier alpha value is -10.2. The first-order chi connectivity index (χ1) is 43.6. The Morgan fingerprint density at radius 3 is 1.01 bits per heavy atom. The smallest absolute Gasteiger partial charge is 0.0788 e. The van der Waals surface area contributed by atoms with E-state index in [-0.39, 0.29) is 20.1 Å². The van der Waals surface area contributed by atoms with E-state index in [0.29, 0.717) is 0 Å². The zero-order valence-electron chi connectivity index (χ0n) is 49.5. The van der Waals surface area contributed by atoms with E-state index in [0.717, 1.165) is 159 Å². The maximum Gasteiger partial charge on any atom is 0.0788 e. The number of unbranched alkanes of at least 4 members (excludes halogenated alkanes) is 2. The summed E-state index contributed by atoms with van der Waals surface area (Å²) < 4.78 is 0. The second-order valence-corrected chi connectivity index (χ2v) is 22.1. The zero-order valence-corrected chi connectivity index (χ0v) is 51.9. The van der Waals surface area contributed by atoms with Crippen LogP contribution in [-0.2, 0) is 32.9 Å². The Morgan fingerprint density at radius 1 is 0.315 bits per heavy atom. The third-order valence-electron chi connectivity index (χ3n) is 16.2. The molecule has 7 nitrogen and oxygen atoms in total. The molecular formula is C81H60IrN7-3.